The molecular weight excluding hydrogens is 352 g/mol. The number of hydrogen-bond donors (Lipinski definition) is 1. The van der Waals surface area contributed by atoms with Gasteiger partial charge in [0.1, 0.15) is 24.7 Å². The van der Waals surface area contributed by atoms with Crippen molar-refractivity contribution in [3.63, 3.8) is 0 Å². The molecule has 0 aliphatic rings. The van der Waals surface area contributed by atoms with Crippen molar-refractivity contribution in [3.05, 3.63) is 95.6 Å². The first kappa shape index (κ1) is 19.2. The van der Waals surface area contributed by atoms with Crippen LogP contribution in [-0.4, -0.2) is 24.3 Å². The summed E-state index contributed by atoms with van der Waals surface area (Å²) in [6, 6.07) is 24.2. The molecule has 1 N–H and O–H groups in total. The zero-order valence-corrected chi connectivity index (χ0v) is 15.7. The minimum atomic E-state index is -0.968. The van der Waals surface area contributed by atoms with Crippen LogP contribution in [0.4, 0.5) is 0 Å². The van der Waals surface area contributed by atoms with Crippen LogP contribution in [0.3, 0.4) is 0 Å². The number of aliphatic carboxylic acids is 1. The minimum absolute atomic E-state index is 0.237. The van der Waals surface area contributed by atoms with E-state index in [9.17, 15) is 9.90 Å². The van der Waals surface area contributed by atoms with Crippen LogP contribution < -0.4 is 9.47 Å². The van der Waals surface area contributed by atoms with Crippen molar-refractivity contribution in [1.82, 2.24) is 0 Å². The maximum atomic E-state index is 11.6. The average molecular weight is 374 g/mol. The fourth-order valence-corrected chi connectivity index (χ4v) is 2.78. The van der Waals surface area contributed by atoms with Crippen LogP contribution in [0.25, 0.3) is 11.6 Å². The second-order valence-electron chi connectivity index (χ2n) is 6.26. The number of rotatable bonds is 8. The molecule has 0 saturated heterocycles. The monoisotopic (exact) mass is 374 g/mol. The van der Waals surface area contributed by atoms with Crippen molar-refractivity contribution in [3.8, 4) is 11.5 Å². The van der Waals surface area contributed by atoms with Crippen molar-refractivity contribution >= 4 is 17.6 Å². The fourth-order valence-electron chi connectivity index (χ4n) is 2.78. The van der Waals surface area contributed by atoms with Gasteiger partial charge in [-0.25, -0.2) is 4.79 Å². The topological polar surface area (TPSA) is 55.8 Å². The molecule has 0 aliphatic carbocycles. The van der Waals surface area contributed by atoms with Crippen LogP contribution >= 0.6 is 0 Å². The predicted molar refractivity (Wildman–Crippen MR) is 111 cm³/mol. The fraction of sp³-hybridized carbons (Fsp3) is 0.125. The number of hydrogen-bond acceptors (Lipinski definition) is 3. The molecule has 0 saturated carbocycles. The molecule has 0 aromatic heterocycles. The van der Waals surface area contributed by atoms with Crippen molar-refractivity contribution in [2.75, 3.05) is 13.2 Å². The average Bonchev–Trinajstić information content (AvgIpc) is 2.71. The number of carboxylic acids is 1. The van der Waals surface area contributed by atoms with Gasteiger partial charge in [-0.1, -0.05) is 60.7 Å². The highest BCUT2D eigenvalue weighted by Gasteiger charge is 2.10. The number of carbonyl (C=O) groups is 1. The quantitative estimate of drug-likeness (QED) is 0.339. The summed E-state index contributed by atoms with van der Waals surface area (Å²) in [7, 11) is 0. The Morgan fingerprint density at radius 1 is 0.893 bits per heavy atom. The molecule has 0 unspecified atom stereocenters. The first-order valence-corrected chi connectivity index (χ1v) is 9.05. The third-order valence-corrected chi connectivity index (χ3v) is 4.19. The van der Waals surface area contributed by atoms with Gasteiger partial charge in [0.05, 0.1) is 5.57 Å². The zero-order valence-electron chi connectivity index (χ0n) is 15.7. The molecule has 4 heteroatoms. The van der Waals surface area contributed by atoms with Gasteiger partial charge in [0, 0.05) is 0 Å². The Hall–Kier alpha value is -3.53. The molecule has 0 aliphatic heterocycles. The standard InChI is InChI=1S/C24H22O4/c1-18-8-5-6-13-23(18)28-15-14-27-21-12-7-9-19(16-21)17-22(24(25)26)20-10-3-2-4-11-20/h2-13,16-17H,14-15H2,1H3,(H,25,26)/b22-17-. The molecule has 142 valence electrons. The molecule has 0 radical (unpaired) electrons. The van der Waals surface area contributed by atoms with Crippen LogP contribution in [0.2, 0.25) is 0 Å². The SMILES string of the molecule is Cc1ccccc1OCCOc1cccc(/C=C(\C(=O)O)c2ccccc2)c1. The van der Waals surface area contributed by atoms with E-state index >= 15 is 0 Å². The van der Waals surface area contributed by atoms with Gasteiger partial charge in [0.2, 0.25) is 0 Å². The molecular formula is C24H22O4. The first-order chi connectivity index (χ1) is 13.6. The second-order valence-corrected chi connectivity index (χ2v) is 6.26. The van der Waals surface area contributed by atoms with Gasteiger partial charge < -0.3 is 14.6 Å². The van der Waals surface area contributed by atoms with Crippen LogP contribution in [0.5, 0.6) is 11.5 Å². The largest absolute Gasteiger partial charge is 0.490 e. The Bertz CT molecular complexity index is 961. The smallest absolute Gasteiger partial charge is 0.336 e. The highest BCUT2D eigenvalue weighted by atomic mass is 16.5. The Labute approximate surface area is 164 Å². The summed E-state index contributed by atoms with van der Waals surface area (Å²) in [5, 5.41) is 9.55. The van der Waals surface area contributed by atoms with Crippen molar-refractivity contribution in [2.45, 2.75) is 6.92 Å². The Morgan fingerprint density at radius 2 is 1.61 bits per heavy atom. The lowest BCUT2D eigenvalue weighted by molar-refractivity contribution is -0.130. The van der Waals surface area contributed by atoms with Gasteiger partial charge in [0.15, 0.2) is 0 Å². The van der Waals surface area contributed by atoms with Crippen LogP contribution in [-0.2, 0) is 4.79 Å². The molecule has 0 bridgehead atoms. The lowest BCUT2D eigenvalue weighted by Gasteiger charge is -2.10. The van der Waals surface area contributed by atoms with E-state index < -0.39 is 5.97 Å². The zero-order chi connectivity index (χ0) is 19.8. The van der Waals surface area contributed by atoms with E-state index in [1.807, 2.05) is 73.7 Å². The van der Waals surface area contributed by atoms with E-state index in [1.54, 1.807) is 18.2 Å². The normalized spacial score (nSPS) is 11.1. The highest BCUT2D eigenvalue weighted by molar-refractivity contribution is 6.20. The summed E-state index contributed by atoms with van der Waals surface area (Å²) >= 11 is 0. The molecule has 0 heterocycles. The number of ether oxygens (including phenoxy) is 2. The van der Waals surface area contributed by atoms with Gasteiger partial charge in [-0.2, -0.15) is 0 Å². The van der Waals surface area contributed by atoms with Crippen LogP contribution in [0.15, 0.2) is 78.9 Å². The maximum absolute atomic E-state index is 11.6. The van der Waals surface area contributed by atoms with E-state index in [-0.39, 0.29) is 5.57 Å². The molecule has 3 aromatic rings. The second kappa shape index (κ2) is 9.42. The highest BCUT2D eigenvalue weighted by Crippen LogP contribution is 2.21. The van der Waals surface area contributed by atoms with E-state index in [0.717, 1.165) is 16.9 Å². The number of para-hydroxylation sites is 1. The maximum Gasteiger partial charge on any atom is 0.336 e. The number of benzene rings is 3. The molecule has 0 fully saturated rings. The van der Waals surface area contributed by atoms with Crippen molar-refractivity contribution in [1.29, 1.82) is 0 Å². The number of aryl methyl sites for hydroxylation is 1. The summed E-state index contributed by atoms with van der Waals surface area (Å²) in [4.78, 5) is 11.6. The van der Waals surface area contributed by atoms with Gasteiger partial charge in [0.25, 0.3) is 0 Å². The Kier molecular flexibility index (Phi) is 6.47. The van der Waals surface area contributed by atoms with E-state index in [0.29, 0.717) is 24.5 Å². The summed E-state index contributed by atoms with van der Waals surface area (Å²) < 4.78 is 11.5. The van der Waals surface area contributed by atoms with Crippen LogP contribution in [0.1, 0.15) is 16.7 Å². The molecule has 28 heavy (non-hydrogen) atoms. The van der Waals surface area contributed by atoms with Gasteiger partial charge in [-0.05, 0) is 47.9 Å². The predicted octanol–water partition coefficient (Wildman–Crippen LogP) is 5.08. The van der Waals surface area contributed by atoms with Crippen LogP contribution in [0, 0.1) is 6.92 Å². The lowest BCUT2D eigenvalue weighted by Crippen LogP contribution is -2.09. The Balaban J connectivity index is 1.65. The van der Waals surface area contributed by atoms with E-state index in [2.05, 4.69) is 0 Å². The molecule has 0 spiro atoms. The van der Waals surface area contributed by atoms with Gasteiger partial charge >= 0.3 is 5.97 Å². The molecule has 4 nitrogen and oxygen atoms in total. The lowest BCUT2D eigenvalue weighted by atomic mass is 10.0. The minimum Gasteiger partial charge on any atom is -0.490 e. The molecule has 3 rings (SSSR count). The van der Waals surface area contributed by atoms with Crippen molar-refractivity contribution < 1.29 is 19.4 Å². The summed E-state index contributed by atoms with van der Waals surface area (Å²) in [5.74, 6) is 0.542. The van der Waals surface area contributed by atoms with Gasteiger partial charge in [-0.3, -0.25) is 0 Å². The van der Waals surface area contributed by atoms with Gasteiger partial charge in [-0.15, -0.1) is 0 Å². The summed E-state index contributed by atoms with van der Waals surface area (Å²) in [6.07, 6.45) is 1.65. The molecule has 3 aromatic carbocycles. The third kappa shape index (κ3) is 5.24. The van der Waals surface area contributed by atoms with E-state index in [1.165, 1.54) is 0 Å². The van der Waals surface area contributed by atoms with E-state index in [4.69, 9.17) is 9.47 Å². The first-order valence-electron chi connectivity index (χ1n) is 9.05. The summed E-state index contributed by atoms with van der Waals surface area (Å²) in [5.41, 5.74) is 2.74. The van der Waals surface area contributed by atoms with Crippen molar-refractivity contribution in [2.24, 2.45) is 0 Å². The number of carboxylic acid groups (broad SMARTS) is 1. The Morgan fingerprint density at radius 3 is 2.36 bits per heavy atom. The third-order valence-electron chi connectivity index (χ3n) is 4.19. The molecule has 0 atom stereocenters. The summed E-state index contributed by atoms with van der Waals surface area (Å²) in [6.45, 7) is 2.82. The molecule has 0 amide bonds.